The molecule has 2 amide bonds. The van der Waals surface area contributed by atoms with E-state index in [-0.39, 0.29) is 35.4 Å². The van der Waals surface area contributed by atoms with Crippen LogP contribution in [0, 0.1) is 5.82 Å². The molecule has 0 radical (unpaired) electrons. The van der Waals surface area contributed by atoms with E-state index < -0.39 is 28.7 Å². The summed E-state index contributed by atoms with van der Waals surface area (Å²) in [5.41, 5.74) is -0.791. The highest BCUT2D eigenvalue weighted by atomic mass is 32.2. The van der Waals surface area contributed by atoms with E-state index in [1.165, 1.54) is 35.2 Å². The Morgan fingerprint density at radius 3 is 2.60 bits per heavy atom. The smallest absolute Gasteiger partial charge is 0.324 e. The number of nitrogens with zero attached hydrogens (tertiary/aromatic N) is 2. The summed E-state index contributed by atoms with van der Waals surface area (Å²) in [6, 6.07) is 10.1. The number of para-hydroxylation sites is 1. The van der Waals surface area contributed by atoms with Crippen LogP contribution in [0.1, 0.15) is 18.9 Å². The third kappa shape index (κ3) is 4.99. The van der Waals surface area contributed by atoms with Gasteiger partial charge in [0, 0.05) is 13.0 Å². The highest BCUT2D eigenvalue weighted by Gasteiger charge is 2.38. The van der Waals surface area contributed by atoms with E-state index in [1.807, 2.05) is 0 Å². The van der Waals surface area contributed by atoms with Gasteiger partial charge in [-0.3, -0.25) is 14.5 Å². The number of thioether (sulfide) groups is 1. The molecule has 1 N–H and O–H groups in total. The van der Waals surface area contributed by atoms with Crippen LogP contribution in [0.15, 0.2) is 53.5 Å². The molecule has 10 heteroatoms. The molecule has 3 rings (SSSR count). The van der Waals surface area contributed by atoms with Crippen LogP contribution in [0.25, 0.3) is 0 Å². The standard InChI is InChI=1S/C20H17F4N3O2S/c1-2-27-18(29)16(11-17(28)26-15-9-4-3-8-14(15)21)30-19(27)25-13-7-5-6-12(10-13)20(22,23)24/h3-10,16H,2,11H2,1H3,(H,26,28). The molecule has 0 aliphatic carbocycles. The van der Waals surface area contributed by atoms with Crippen LogP contribution in [0.5, 0.6) is 0 Å². The Bertz CT molecular complexity index is 994. The molecule has 1 unspecified atom stereocenters. The summed E-state index contributed by atoms with van der Waals surface area (Å²) in [4.78, 5) is 30.4. The first-order valence-corrected chi connectivity index (χ1v) is 9.85. The molecule has 1 aliphatic rings. The van der Waals surface area contributed by atoms with Crippen molar-refractivity contribution in [1.29, 1.82) is 0 Å². The summed E-state index contributed by atoms with van der Waals surface area (Å²) in [6.45, 7) is 1.94. The van der Waals surface area contributed by atoms with Crippen LogP contribution in [-0.4, -0.2) is 33.7 Å². The van der Waals surface area contributed by atoms with Crippen molar-refractivity contribution in [2.45, 2.75) is 24.8 Å². The molecule has 1 atom stereocenters. The largest absolute Gasteiger partial charge is 0.416 e. The second-order valence-corrected chi connectivity index (χ2v) is 7.53. The number of halogens is 4. The van der Waals surface area contributed by atoms with Crippen molar-refractivity contribution < 1.29 is 27.2 Å². The summed E-state index contributed by atoms with van der Waals surface area (Å²) in [5, 5.41) is 1.83. The third-order valence-corrected chi connectivity index (χ3v) is 5.43. The van der Waals surface area contributed by atoms with Crippen LogP contribution in [0.4, 0.5) is 28.9 Å². The zero-order chi connectivity index (χ0) is 21.9. The molecule has 0 aromatic heterocycles. The Morgan fingerprint density at radius 1 is 1.20 bits per heavy atom. The maximum Gasteiger partial charge on any atom is 0.416 e. The van der Waals surface area contributed by atoms with Crippen molar-refractivity contribution in [1.82, 2.24) is 4.90 Å². The number of carbonyl (C=O) groups is 2. The number of hydrogen-bond donors (Lipinski definition) is 1. The van der Waals surface area contributed by atoms with Gasteiger partial charge in [0.05, 0.1) is 16.9 Å². The van der Waals surface area contributed by atoms with Crippen molar-refractivity contribution in [2.24, 2.45) is 4.99 Å². The molecule has 1 fully saturated rings. The summed E-state index contributed by atoms with van der Waals surface area (Å²) in [6.07, 6.45) is -4.73. The first-order valence-electron chi connectivity index (χ1n) is 8.97. The third-order valence-electron chi connectivity index (χ3n) is 4.25. The van der Waals surface area contributed by atoms with Gasteiger partial charge < -0.3 is 5.32 Å². The molecule has 1 saturated heterocycles. The van der Waals surface area contributed by atoms with Crippen molar-refractivity contribution >= 4 is 40.1 Å². The molecule has 2 aromatic rings. The number of alkyl halides is 3. The second-order valence-electron chi connectivity index (χ2n) is 6.36. The maximum absolute atomic E-state index is 13.7. The van der Waals surface area contributed by atoms with Crippen LogP contribution in [-0.2, 0) is 15.8 Å². The van der Waals surface area contributed by atoms with Crippen molar-refractivity contribution in [3.8, 4) is 0 Å². The quantitative estimate of drug-likeness (QED) is 0.680. The zero-order valence-electron chi connectivity index (χ0n) is 15.7. The van der Waals surface area contributed by atoms with Crippen molar-refractivity contribution in [3.63, 3.8) is 0 Å². The van der Waals surface area contributed by atoms with Crippen LogP contribution in [0.3, 0.4) is 0 Å². The second kappa shape index (κ2) is 8.86. The number of amides is 2. The topological polar surface area (TPSA) is 61.8 Å². The lowest BCUT2D eigenvalue weighted by Gasteiger charge is -2.13. The molecule has 1 heterocycles. The first kappa shape index (κ1) is 21.8. The molecule has 0 spiro atoms. The molecule has 0 saturated carbocycles. The average molecular weight is 439 g/mol. The van der Waals surface area contributed by atoms with E-state index in [2.05, 4.69) is 10.3 Å². The molecule has 30 heavy (non-hydrogen) atoms. The number of rotatable bonds is 5. The zero-order valence-corrected chi connectivity index (χ0v) is 16.6. The number of hydrogen-bond acceptors (Lipinski definition) is 4. The fourth-order valence-electron chi connectivity index (χ4n) is 2.81. The van der Waals surface area contributed by atoms with E-state index in [1.54, 1.807) is 13.0 Å². The van der Waals surface area contributed by atoms with E-state index in [0.29, 0.717) is 0 Å². The van der Waals surface area contributed by atoms with Crippen molar-refractivity contribution in [2.75, 3.05) is 11.9 Å². The Hall–Kier alpha value is -2.88. The van der Waals surface area contributed by atoms with Gasteiger partial charge in [0.2, 0.25) is 11.8 Å². The van der Waals surface area contributed by atoms with E-state index in [0.717, 1.165) is 23.9 Å². The number of amidine groups is 1. The fraction of sp³-hybridized carbons (Fsp3) is 0.250. The number of nitrogens with one attached hydrogen (secondary N) is 1. The Kier molecular flexibility index (Phi) is 6.45. The van der Waals surface area contributed by atoms with Gasteiger partial charge in [0.1, 0.15) is 11.1 Å². The Labute approximate surface area is 174 Å². The molecule has 158 valence electrons. The van der Waals surface area contributed by atoms with Gasteiger partial charge in [-0.15, -0.1) is 0 Å². The predicted molar refractivity (Wildman–Crippen MR) is 107 cm³/mol. The monoisotopic (exact) mass is 439 g/mol. The van der Waals surface area contributed by atoms with Gasteiger partial charge in [-0.05, 0) is 37.3 Å². The van der Waals surface area contributed by atoms with Crippen LogP contribution >= 0.6 is 11.8 Å². The fourth-order valence-corrected chi connectivity index (χ4v) is 4.03. The summed E-state index contributed by atoms with van der Waals surface area (Å²) in [7, 11) is 0. The summed E-state index contributed by atoms with van der Waals surface area (Å²) >= 11 is 0.993. The van der Waals surface area contributed by atoms with Gasteiger partial charge in [0.25, 0.3) is 0 Å². The van der Waals surface area contributed by atoms with Gasteiger partial charge in [-0.25, -0.2) is 9.38 Å². The number of aliphatic imine (C=N–C) groups is 1. The van der Waals surface area contributed by atoms with Gasteiger partial charge in [-0.1, -0.05) is 30.0 Å². The molecular weight excluding hydrogens is 422 g/mol. The Balaban J connectivity index is 1.76. The first-order chi connectivity index (χ1) is 14.2. The summed E-state index contributed by atoms with van der Waals surface area (Å²) < 4.78 is 52.4. The lowest BCUT2D eigenvalue weighted by Crippen LogP contribution is -2.33. The van der Waals surface area contributed by atoms with Gasteiger partial charge >= 0.3 is 6.18 Å². The minimum absolute atomic E-state index is 0.00292. The molecule has 2 aromatic carbocycles. The normalized spacial score (nSPS) is 18.2. The SMILES string of the molecule is CCN1C(=O)C(CC(=O)Nc2ccccc2F)SC1=Nc1cccc(C(F)(F)F)c1. The molecule has 1 aliphatic heterocycles. The number of benzene rings is 2. The molecule has 5 nitrogen and oxygen atoms in total. The lowest BCUT2D eigenvalue weighted by molar-refractivity contribution is -0.137. The molecule has 0 bridgehead atoms. The van der Waals surface area contributed by atoms with Crippen molar-refractivity contribution in [3.05, 3.63) is 59.9 Å². The molecular formula is C20H17F4N3O2S. The van der Waals surface area contributed by atoms with Crippen LogP contribution < -0.4 is 5.32 Å². The highest BCUT2D eigenvalue weighted by Crippen LogP contribution is 2.34. The average Bonchev–Trinajstić information content (AvgIpc) is 2.97. The van der Waals surface area contributed by atoms with E-state index in [9.17, 15) is 27.2 Å². The minimum atomic E-state index is -4.51. The minimum Gasteiger partial charge on any atom is -0.324 e. The highest BCUT2D eigenvalue weighted by molar-refractivity contribution is 8.15. The lowest BCUT2D eigenvalue weighted by atomic mass is 10.2. The number of carbonyl (C=O) groups excluding carboxylic acids is 2. The van der Waals surface area contributed by atoms with E-state index in [4.69, 9.17) is 0 Å². The predicted octanol–water partition coefficient (Wildman–Crippen LogP) is 4.82. The summed E-state index contributed by atoms with van der Waals surface area (Å²) in [5.74, 6) is -1.53. The van der Waals surface area contributed by atoms with Crippen LogP contribution in [0.2, 0.25) is 0 Å². The maximum atomic E-state index is 13.7. The van der Waals surface area contributed by atoms with Gasteiger partial charge in [0.15, 0.2) is 5.17 Å². The Morgan fingerprint density at radius 2 is 1.93 bits per heavy atom. The van der Waals surface area contributed by atoms with Gasteiger partial charge in [-0.2, -0.15) is 13.2 Å². The number of anilines is 1. The van der Waals surface area contributed by atoms with E-state index >= 15 is 0 Å².